The van der Waals surface area contributed by atoms with Gasteiger partial charge in [-0.05, 0) is 35.6 Å². The standard InChI is InChI=1S/C15H14ClN5S/c16-10-5-3-9(4-6-10)11-8-12(13-2-1-7-22-13)21-15(18-11)19-14(17)20-21/h1-7,11-12H,8H2,(H3,17,18,19,20)/t11-,12+/m0/s1. The van der Waals surface area contributed by atoms with E-state index in [9.17, 15) is 0 Å². The lowest BCUT2D eigenvalue weighted by Crippen LogP contribution is -2.27. The van der Waals surface area contributed by atoms with Gasteiger partial charge in [-0.15, -0.1) is 16.4 Å². The third-order valence-electron chi connectivity index (χ3n) is 3.85. The molecule has 0 unspecified atom stereocenters. The Morgan fingerprint density at radius 3 is 2.82 bits per heavy atom. The Labute approximate surface area is 136 Å². The molecule has 22 heavy (non-hydrogen) atoms. The molecule has 5 nitrogen and oxygen atoms in total. The van der Waals surface area contributed by atoms with Gasteiger partial charge in [0, 0.05) is 9.90 Å². The number of fused-ring (bicyclic) bond motifs is 1. The lowest BCUT2D eigenvalue weighted by Gasteiger charge is -2.30. The Morgan fingerprint density at radius 2 is 2.09 bits per heavy atom. The summed E-state index contributed by atoms with van der Waals surface area (Å²) in [5.74, 6) is 1.00. The molecule has 7 heteroatoms. The second-order valence-corrected chi connectivity index (χ2v) is 6.67. The van der Waals surface area contributed by atoms with E-state index in [-0.39, 0.29) is 12.1 Å². The van der Waals surface area contributed by atoms with Gasteiger partial charge < -0.3 is 11.1 Å². The summed E-state index contributed by atoms with van der Waals surface area (Å²) in [5.41, 5.74) is 6.96. The maximum Gasteiger partial charge on any atom is 0.241 e. The molecule has 0 bridgehead atoms. The molecule has 0 aliphatic carbocycles. The molecule has 0 radical (unpaired) electrons. The van der Waals surface area contributed by atoms with Gasteiger partial charge >= 0.3 is 0 Å². The normalized spacial score (nSPS) is 20.4. The Balaban J connectivity index is 1.74. The highest BCUT2D eigenvalue weighted by Gasteiger charge is 2.31. The fourth-order valence-electron chi connectivity index (χ4n) is 2.83. The molecule has 0 saturated carbocycles. The fourth-order valence-corrected chi connectivity index (χ4v) is 3.78. The van der Waals surface area contributed by atoms with Gasteiger partial charge in [0.1, 0.15) is 0 Å². The third kappa shape index (κ3) is 2.34. The Hall–Kier alpha value is -2.05. The van der Waals surface area contributed by atoms with Gasteiger partial charge in [-0.2, -0.15) is 4.98 Å². The zero-order valence-corrected chi connectivity index (χ0v) is 13.2. The summed E-state index contributed by atoms with van der Waals surface area (Å²) in [6, 6.07) is 12.4. The molecular formula is C15H14ClN5S. The van der Waals surface area contributed by atoms with Gasteiger partial charge in [0.05, 0.1) is 12.1 Å². The van der Waals surface area contributed by atoms with Gasteiger partial charge in [0.2, 0.25) is 11.9 Å². The van der Waals surface area contributed by atoms with Crippen LogP contribution in [-0.2, 0) is 0 Å². The summed E-state index contributed by atoms with van der Waals surface area (Å²) in [7, 11) is 0. The minimum atomic E-state index is 0.140. The Bertz CT molecular complexity index is 781. The highest BCUT2D eigenvalue weighted by molar-refractivity contribution is 7.10. The van der Waals surface area contributed by atoms with Crippen LogP contribution in [0.15, 0.2) is 41.8 Å². The average Bonchev–Trinajstić information content (AvgIpc) is 3.15. The number of halogens is 1. The highest BCUT2D eigenvalue weighted by Crippen LogP contribution is 2.39. The monoisotopic (exact) mass is 331 g/mol. The largest absolute Gasteiger partial charge is 0.366 e. The number of aromatic nitrogens is 3. The number of nitrogens with two attached hydrogens (primary N) is 1. The molecule has 0 spiro atoms. The zero-order chi connectivity index (χ0) is 15.1. The molecule has 0 amide bonds. The number of nitrogens with zero attached hydrogens (tertiary/aromatic N) is 3. The Kier molecular flexibility index (Phi) is 3.28. The van der Waals surface area contributed by atoms with Crippen LogP contribution in [0, 0.1) is 0 Å². The number of hydrogen-bond acceptors (Lipinski definition) is 5. The molecule has 1 aliphatic heterocycles. The Morgan fingerprint density at radius 1 is 1.27 bits per heavy atom. The maximum absolute atomic E-state index is 5.98. The summed E-state index contributed by atoms with van der Waals surface area (Å²) < 4.78 is 1.88. The molecule has 1 aromatic carbocycles. The van der Waals surface area contributed by atoms with Crippen LogP contribution in [0.5, 0.6) is 0 Å². The van der Waals surface area contributed by atoms with Crippen molar-refractivity contribution in [2.45, 2.75) is 18.5 Å². The molecule has 2 atom stereocenters. The van der Waals surface area contributed by atoms with Gasteiger partial charge in [-0.3, -0.25) is 0 Å². The highest BCUT2D eigenvalue weighted by atomic mass is 35.5. The van der Waals surface area contributed by atoms with E-state index >= 15 is 0 Å². The van der Waals surface area contributed by atoms with Crippen LogP contribution < -0.4 is 11.1 Å². The summed E-state index contributed by atoms with van der Waals surface area (Å²) >= 11 is 7.71. The van der Waals surface area contributed by atoms with Crippen molar-refractivity contribution in [1.82, 2.24) is 14.8 Å². The molecule has 3 aromatic rings. The van der Waals surface area contributed by atoms with Crippen molar-refractivity contribution in [2.24, 2.45) is 0 Å². The van der Waals surface area contributed by atoms with Crippen molar-refractivity contribution < 1.29 is 0 Å². The van der Waals surface area contributed by atoms with Crippen molar-refractivity contribution >= 4 is 34.8 Å². The first-order valence-corrected chi connectivity index (χ1v) is 8.24. The van der Waals surface area contributed by atoms with Crippen molar-refractivity contribution in [3.8, 4) is 0 Å². The van der Waals surface area contributed by atoms with Gasteiger partial charge in [0.25, 0.3) is 0 Å². The van der Waals surface area contributed by atoms with Crippen molar-refractivity contribution in [3.05, 3.63) is 57.2 Å². The van der Waals surface area contributed by atoms with E-state index in [0.717, 1.165) is 11.4 Å². The summed E-state index contributed by atoms with van der Waals surface area (Å²) in [5, 5.41) is 10.6. The van der Waals surface area contributed by atoms with Gasteiger partial charge in [0.15, 0.2) is 0 Å². The molecule has 2 aromatic heterocycles. The van der Waals surface area contributed by atoms with E-state index < -0.39 is 0 Å². The van der Waals surface area contributed by atoms with Gasteiger partial charge in [-0.1, -0.05) is 29.8 Å². The second kappa shape index (κ2) is 5.30. The van der Waals surface area contributed by atoms with E-state index in [4.69, 9.17) is 17.3 Å². The molecular weight excluding hydrogens is 318 g/mol. The zero-order valence-electron chi connectivity index (χ0n) is 11.6. The summed E-state index contributed by atoms with van der Waals surface area (Å²) in [4.78, 5) is 5.56. The fraction of sp³-hybridized carbons (Fsp3) is 0.200. The molecule has 1 aliphatic rings. The number of benzene rings is 1. The second-order valence-electron chi connectivity index (χ2n) is 5.25. The number of nitrogen functional groups attached to an aromatic ring is 1. The number of thiophene rings is 1. The van der Waals surface area contributed by atoms with E-state index in [1.54, 1.807) is 11.3 Å². The molecule has 3 N–H and O–H groups in total. The minimum Gasteiger partial charge on any atom is -0.366 e. The van der Waals surface area contributed by atoms with E-state index in [0.29, 0.717) is 11.9 Å². The van der Waals surface area contributed by atoms with Crippen LogP contribution in [0.2, 0.25) is 5.02 Å². The van der Waals surface area contributed by atoms with Crippen LogP contribution in [0.3, 0.4) is 0 Å². The number of anilines is 2. The number of rotatable bonds is 2. The maximum atomic E-state index is 5.98. The first-order chi connectivity index (χ1) is 10.7. The molecule has 0 fully saturated rings. The van der Waals surface area contributed by atoms with Crippen LogP contribution in [0.4, 0.5) is 11.9 Å². The molecule has 4 rings (SSSR count). The van der Waals surface area contributed by atoms with E-state index in [1.165, 1.54) is 10.4 Å². The number of nitrogens with one attached hydrogen (secondary N) is 1. The topological polar surface area (TPSA) is 68.8 Å². The smallest absolute Gasteiger partial charge is 0.241 e. The van der Waals surface area contributed by atoms with Crippen molar-refractivity contribution in [1.29, 1.82) is 0 Å². The third-order valence-corrected chi connectivity index (χ3v) is 5.07. The van der Waals surface area contributed by atoms with Crippen molar-refractivity contribution in [3.63, 3.8) is 0 Å². The van der Waals surface area contributed by atoms with Crippen LogP contribution in [-0.4, -0.2) is 14.8 Å². The first-order valence-electron chi connectivity index (χ1n) is 6.98. The molecule has 0 saturated heterocycles. The quantitative estimate of drug-likeness (QED) is 0.751. The van der Waals surface area contributed by atoms with E-state index in [2.05, 4.69) is 32.9 Å². The summed E-state index contributed by atoms with van der Waals surface area (Å²) in [6.07, 6.45) is 0.887. The SMILES string of the molecule is Nc1nc2n(n1)[C@@H](c1cccs1)C[C@@H](c1ccc(Cl)cc1)N2. The lowest BCUT2D eigenvalue weighted by atomic mass is 9.97. The van der Waals surface area contributed by atoms with Crippen LogP contribution in [0.25, 0.3) is 0 Å². The van der Waals surface area contributed by atoms with Crippen molar-refractivity contribution in [2.75, 3.05) is 11.1 Å². The summed E-state index contributed by atoms with van der Waals surface area (Å²) in [6.45, 7) is 0. The predicted octanol–water partition coefficient (Wildman–Crippen LogP) is 3.72. The minimum absolute atomic E-state index is 0.140. The predicted molar refractivity (Wildman–Crippen MR) is 89.3 cm³/mol. The lowest BCUT2D eigenvalue weighted by molar-refractivity contribution is 0.437. The van der Waals surface area contributed by atoms with Gasteiger partial charge in [-0.25, -0.2) is 4.68 Å². The molecule has 3 heterocycles. The average molecular weight is 332 g/mol. The first kappa shape index (κ1) is 13.6. The number of hydrogen-bond donors (Lipinski definition) is 2. The van der Waals surface area contributed by atoms with E-state index in [1.807, 2.05) is 28.9 Å². The van der Waals surface area contributed by atoms with Crippen LogP contribution >= 0.6 is 22.9 Å². The van der Waals surface area contributed by atoms with Crippen LogP contribution in [0.1, 0.15) is 28.9 Å². The molecule has 112 valence electrons.